The van der Waals surface area contributed by atoms with Gasteiger partial charge in [-0.2, -0.15) is 0 Å². The van der Waals surface area contributed by atoms with Crippen LogP contribution in [0.15, 0.2) is 40.6 Å². The molecule has 0 radical (unpaired) electrons. The van der Waals surface area contributed by atoms with Crippen molar-refractivity contribution in [3.8, 4) is 0 Å². The molecule has 2 amide bonds. The van der Waals surface area contributed by atoms with Gasteiger partial charge in [-0.3, -0.25) is 20.4 Å². The quantitative estimate of drug-likeness (QED) is 0.649. The molecule has 0 bridgehead atoms. The Balaban J connectivity index is 1.69. The third-order valence-corrected chi connectivity index (χ3v) is 4.41. The van der Waals surface area contributed by atoms with E-state index < -0.39 is 11.6 Å². The fourth-order valence-corrected chi connectivity index (χ4v) is 2.98. The van der Waals surface area contributed by atoms with Gasteiger partial charge in [-0.1, -0.05) is 6.07 Å². The summed E-state index contributed by atoms with van der Waals surface area (Å²) in [5.74, 6) is -2.18. The fraction of sp³-hybridized carbons (Fsp3) is 0.143. The molecule has 2 aromatic rings. The Morgan fingerprint density at radius 2 is 1.95 bits per heavy atom. The van der Waals surface area contributed by atoms with Gasteiger partial charge in [0.1, 0.15) is 0 Å². The zero-order valence-electron chi connectivity index (χ0n) is 11.3. The van der Waals surface area contributed by atoms with Gasteiger partial charge >= 0.3 is 0 Å². The summed E-state index contributed by atoms with van der Waals surface area (Å²) in [5.41, 5.74) is 4.60. The van der Waals surface area contributed by atoms with E-state index in [2.05, 4.69) is 10.9 Å². The van der Waals surface area contributed by atoms with Gasteiger partial charge in [0.15, 0.2) is 11.6 Å². The van der Waals surface area contributed by atoms with Crippen LogP contribution >= 0.6 is 23.1 Å². The molecule has 116 valence electrons. The number of thioether (sulfide) groups is 1. The molecule has 2 rings (SSSR count). The summed E-state index contributed by atoms with van der Waals surface area (Å²) >= 11 is 2.49. The summed E-state index contributed by atoms with van der Waals surface area (Å²) in [7, 11) is 0. The van der Waals surface area contributed by atoms with E-state index in [1.54, 1.807) is 17.5 Å². The monoisotopic (exact) mass is 342 g/mol. The van der Waals surface area contributed by atoms with E-state index in [0.29, 0.717) is 15.5 Å². The van der Waals surface area contributed by atoms with Crippen LogP contribution in [-0.2, 0) is 4.79 Å². The molecule has 0 atom stereocenters. The summed E-state index contributed by atoms with van der Waals surface area (Å²) in [6, 6.07) is 6.94. The van der Waals surface area contributed by atoms with Crippen LogP contribution < -0.4 is 10.9 Å². The van der Waals surface area contributed by atoms with Gasteiger partial charge in [0.25, 0.3) is 5.91 Å². The van der Waals surface area contributed by atoms with Gasteiger partial charge in [0, 0.05) is 17.1 Å². The minimum Gasteiger partial charge on any atom is -0.273 e. The number of nitrogens with one attached hydrogen (secondary N) is 2. The van der Waals surface area contributed by atoms with Crippen molar-refractivity contribution in [3.63, 3.8) is 0 Å². The van der Waals surface area contributed by atoms with Crippen LogP contribution in [0.4, 0.5) is 8.78 Å². The number of hydrogen-bond acceptors (Lipinski definition) is 4. The number of hydrogen-bond donors (Lipinski definition) is 2. The number of halogens is 2. The predicted octanol–water partition coefficient (Wildman–Crippen LogP) is 2.97. The molecule has 1 aromatic heterocycles. The minimum absolute atomic E-state index is 0.133. The number of benzene rings is 1. The number of carbonyl (C=O) groups is 2. The molecule has 0 aliphatic rings. The van der Waals surface area contributed by atoms with E-state index in [9.17, 15) is 18.4 Å². The number of thiophene rings is 1. The Labute approximate surface area is 133 Å². The number of amides is 2. The number of carbonyl (C=O) groups excluding carboxylic acids is 2. The molecule has 0 saturated heterocycles. The van der Waals surface area contributed by atoms with Gasteiger partial charge in [-0.25, -0.2) is 8.78 Å². The molecular weight excluding hydrogens is 330 g/mol. The van der Waals surface area contributed by atoms with Gasteiger partial charge in [0.2, 0.25) is 5.91 Å². The molecule has 8 heteroatoms. The second-order valence-corrected chi connectivity index (χ2v) is 6.27. The molecule has 0 unspecified atom stereocenters. The van der Waals surface area contributed by atoms with Crippen molar-refractivity contribution in [2.24, 2.45) is 0 Å². The second kappa shape index (κ2) is 7.90. The van der Waals surface area contributed by atoms with E-state index in [1.807, 2.05) is 0 Å². The Kier molecular flexibility index (Phi) is 5.91. The highest BCUT2D eigenvalue weighted by Gasteiger charge is 2.08. The molecule has 0 fully saturated rings. The molecule has 0 saturated carbocycles. The fourth-order valence-electron chi connectivity index (χ4n) is 1.49. The van der Waals surface area contributed by atoms with Crippen molar-refractivity contribution in [1.82, 2.24) is 10.9 Å². The average molecular weight is 342 g/mol. The van der Waals surface area contributed by atoms with Crippen LogP contribution in [0.1, 0.15) is 16.1 Å². The SMILES string of the molecule is O=C(CCSc1ccc(F)c(F)c1)NNC(=O)c1cccs1. The summed E-state index contributed by atoms with van der Waals surface area (Å²) in [6.07, 6.45) is 0.133. The van der Waals surface area contributed by atoms with Crippen molar-refractivity contribution in [2.45, 2.75) is 11.3 Å². The first-order valence-corrected chi connectivity index (χ1v) is 8.13. The van der Waals surface area contributed by atoms with Crippen LogP contribution in [0.3, 0.4) is 0 Å². The lowest BCUT2D eigenvalue weighted by Crippen LogP contribution is -2.41. The maximum absolute atomic E-state index is 13.0. The topological polar surface area (TPSA) is 58.2 Å². The molecule has 2 N–H and O–H groups in total. The highest BCUT2D eigenvalue weighted by Crippen LogP contribution is 2.20. The molecule has 0 aliphatic heterocycles. The molecule has 4 nitrogen and oxygen atoms in total. The predicted molar refractivity (Wildman–Crippen MR) is 81.6 cm³/mol. The molecule has 1 aromatic carbocycles. The highest BCUT2D eigenvalue weighted by atomic mass is 32.2. The third-order valence-electron chi connectivity index (χ3n) is 2.55. The number of hydrazine groups is 1. The first-order chi connectivity index (χ1) is 10.6. The third kappa shape index (κ3) is 4.81. The van der Waals surface area contributed by atoms with Crippen LogP contribution in [0, 0.1) is 11.6 Å². The number of rotatable bonds is 5. The zero-order valence-corrected chi connectivity index (χ0v) is 12.9. The Morgan fingerprint density at radius 3 is 2.64 bits per heavy atom. The molecule has 0 spiro atoms. The lowest BCUT2D eigenvalue weighted by atomic mass is 10.3. The van der Waals surface area contributed by atoms with E-state index in [1.165, 1.54) is 29.2 Å². The average Bonchev–Trinajstić information content (AvgIpc) is 3.03. The van der Waals surface area contributed by atoms with E-state index >= 15 is 0 Å². The van der Waals surface area contributed by atoms with Gasteiger partial charge in [0.05, 0.1) is 4.88 Å². The summed E-state index contributed by atoms with van der Waals surface area (Å²) in [5, 5.41) is 1.76. The van der Waals surface area contributed by atoms with Crippen LogP contribution in [-0.4, -0.2) is 17.6 Å². The lowest BCUT2D eigenvalue weighted by Gasteiger charge is -2.06. The van der Waals surface area contributed by atoms with Crippen molar-refractivity contribution < 1.29 is 18.4 Å². The van der Waals surface area contributed by atoms with Crippen LogP contribution in [0.2, 0.25) is 0 Å². The summed E-state index contributed by atoms with van der Waals surface area (Å²) in [6.45, 7) is 0. The van der Waals surface area contributed by atoms with E-state index in [0.717, 1.165) is 12.1 Å². The van der Waals surface area contributed by atoms with Gasteiger partial charge < -0.3 is 0 Å². The smallest absolute Gasteiger partial charge is 0.273 e. The van der Waals surface area contributed by atoms with Crippen LogP contribution in [0.25, 0.3) is 0 Å². The van der Waals surface area contributed by atoms with Gasteiger partial charge in [-0.15, -0.1) is 23.1 Å². The summed E-state index contributed by atoms with van der Waals surface area (Å²) < 4.78 is 25.7. The highest BCUT2D eigenvalue weighted by molar-refractivity contribution is 7.99. The normalized spacial score (nSPS) is 10.3. The Hall–Kier alpha value is -1.93. The maximum Gasteiger partial charge on any atom is 0.279 e. The summed E-state index contributed by atoms with van der Waals surface area (Å²) in [4.78, 5) is 24.2. The van der Waals surface area contributed by atoms with Crippen molar-refractivity contribution >= 4 is 34.9 Å². The van der Waals surface area contributed by atoms with Crippen molar-refractivity contribution in [1.29, 1.82) is 0 Å². The Bertz CT molecular complexity index is 663. The van der Waals surface area contributed by atoms with E-state index in [4.69, 9.17) is 0 Å². The molecular formula is C14H12F2N2O2S2. The standard InChI is InChI=1S/C14H12F2N2O2S2/c15-10-4-3-9(8-11(10)16)21-7-5-13(19)17-18-14(20)12-2-1-6-22-12/h1-4,6,8H,5,7H2,(H,17,19)(H,18,20). The first kappa shape index (κ1) is 16.4. The minimum atomic E-state index is -0.919. The molecule has 1 heterocycles. The van der Waals surface area contributed by atoms with Crippen molar-refractivity contribution in [2.75, 3.05) is 5.75 Å². The first-order valence-electron chi connectivity index (χ1n) is 6.27. The maximum atomic E-state index is 13.0. The van der Waals surface area contributed by atoms with Gasteiger partial charge in [-0.05, 0) is 29.6 Å². The van der Waals surface area contributed by atoms with Crippen LogP contribution in [0.5, 0.6) is 0 Å². The Morgan fingerprint density at radius 1 is 1.14 bits per heavy atom. The zero-order chi connectivity index (χ0) is 15.9. The molecule has 22 heavy (non-hydrogen) atoms. The van der Waals surface area contributed by atoms with E-state index in [-0.39, 0.29) is 18.2 Å². The van der Waals surface area contributed by atoms with Crippen molar-refractivity contribution in [3.05, 3.63) is 52.2 Å². The lowest BCUT2D eigenvalue weighted by molar-refractivity contribution is -0.121. The second-order valence-electron chi connectivity index (χ2n) is 4.15. The molecule has 0 aliphatic carbocycles. The largest absolute Gasteiger partial charge is 0.279 e.